The lowest BCUT2D eigenvalue weighted by Gasteiger charge is -2.18. The van der Waals surface area contributed by atoms with Crippen molar-refractivity contribution >= 4 is 23.5 Å². The van der Waals surface area contributed by atoms with Gasteiger partial charge in [-0.2, -0.15) is 15.0 Å². The second kappa shape index (κ2) is 7.59. The predicted molar refractivity (Wildman–Crippen MR) is 80.4 cm³/mol. The van der Waals surface area contributed by atoms with Crippen LogP contribution in [0.5, 0.6) is 0 Å². The van der Waals surface area contributed by atoms with E-state index in [1.54, 1.807) is 0 Å². The van der Waals surface area contributed by atoms with Crippen LogP contribution in [-0.4, -0.2) is 47.8 Å². The van der Waals surface area contributed by atoms with Crippen molar-refractivity contribution in [1.29, 1.82) is 0 Å². The molecule has 1 heterocycles. The van der Waals surface area contributed by atoms with Gasteiger partial charge in [-0.25, -0.2) is 0 Å². The van der Waals surface area contributed by atoms with Crippen molar-refractivity contribution in [2.24, 2.45) is 5.92 Å². The van der Waals surface area contributed by atoms with Gasteiger partial charge in [0, 0.05) is 26.2 Å². The van der Waals surface area contributed by atoms with Crippen molar-refractivity contribution < 1.29 is 4.74 Å². The first kappa shape index (κ1) is 15.3. The fourth-order valence-electron chi connectivity index (χ4n) is 1.84. The smallest absolute Gasteiger partial charge is 0.231 e. The topological polar surface area (TPSA) is 63.2 Å². The summed E-state index contributed by atoms with van der Waals surface area (Å²) in [5, 5.41) is 3.34. The molecule has 0 saturated heterocycles. The molecular formula is C13H22ClN5O. The maximum Gasteiger partial charge on any atom is 0.231 e. The largest absolute Gasteiger partial charge is 0.379 e. The number of ether oxygens (including phenoxy) is 1. The lowest BCUT2D eigenvalue weighted by Crippen LogP contribution is -2.25. The van der Waals surface area contributed by atoms with Gasteiger partial charge in [0.1, 0.15) is 0 Å². The first-order valence-corrected chi connectivity index (χ1v) is 7.58. The molecule has 0 atom stereocenters. The summed E-state index contributed by atoms with van der Waals surface area (Å²) in [6.45, 7) is 7.97. The van der Waals surface area contributed by atoms with E-state index in [2.05, 4.69) is 34.1 Å². The van der Waals surface area contributed by atoms with Gasteiger partial charge in [-0.05, 0) is 44.2 Å². The Morgan fingerprint density at radius 1 is 1.25 bits per heavy atom. The van der Waals surface area contributed by atoms with Gasteiger partial charge in [-0.15, -0.1) is 0 Å². The first-order valence-electron chi connectivity index (χ1n) is 7.21. The van der Waals surface area contributed by atoms with Crippen molar-refractivity contribution in [3.63, 3.8) is 0 Å². The molecule has 1 N–H and O–H groups in total. The van der Waals surface area contributed by atoms with Gasteiger partial charge in [-0.1, -0.05) is 0 Å². The fourth-order valence-corrected chi connectivity index (χ4v) is 1.99. The third kappa shape index (κ3) is 4.76. The molecule has 1 saturated carbocycles. The van der Waals surface area contributed by atoms with E-state index < -0.39 is 0 Å². The summed E-state index contributed by atoms with van der Waals surface area (Å²) in [5.74, 6) is 1.90. The van der Waals surface area contributed by atoms with E-state index in [-0.39, 0.29) is 5.28 Å². The monoisotopic (exact) mass is 299 g/mol. The number of hydrogen-bond acceptors (Lipinski definition) is 6. The van der Waals surface area contributed by atoms with Crippen molar-refractivity contribution in [2.45, 2.75) is 26.7 Å². The molecule has 0 bridgehead atoms. The van der Waals surface area contributed by atoms with E-state index >= 15 is 0 Å². The molecule has 1 aliphatic carbocycles. The number of nitrogens with one attached hydrogen (secondary N) is 1. The summed E-state index contributed by atoms with van der Waals surface area (Å²) < 4.78 is 5.55. The third-order valence-electron chi connectivity index (χ3n) is 3.22. The number of hydrogen-bond donors (Lipinski definition) is 1. The average molecular weight is 300 g/mol. The fraction of sp³-hybridized carbons (Fsp3) is 0.769. The molecule has 0 spiro atoms. The molecule has 0 aromatic carbocycles. The molecule has 1 fully saturated rings. The Morgan fingerprint density at radius 2 is 2.00 bits per heavy atom. The van der Waals surface area contributed by atoms with E-state index in [9.17, 15) is 0 Å². The lowest BCUT2D eigenvalue weighted by atomic mass is 10.5. The third-order valence-corrected chi connectivity index (χ3v) is 3.39. The highest BCUT2D eigenvalue weighted by atomic mass is 35.5. The normalized spacial score (nSPS) is 14.3. The highest BCUT2D eigenvalue weighted by Crippen LogP contribution is 2.28. The number of halogens is 1. The minimum Gasteiger partial charge on any atom is -0.379 e. The van der Waals surface area contributed by atoms with E-state index in [1.165, 1.54) is 12.8 Å². The van der Waals surface area contributed by atoms with Gasteiger partial charge < -0.3 is 15.0 Å². The first-order chi connectivity index (χ1) is 9.72. The maximum absolute atomic E-state index is 5.94. The number of nitrogens with zero attached hydrogens (tertiary/aromatic N) is 4. The van der Waals surface area contributed by atoms with Crippen LogP contribution in [0.1, 0.15) is 26.7 Å². The minimum absolute atomic E-state index is 0.211. The maximum atomic E-state index is 5.94. The molecule has 0 radical (unpaired) electrons. The molecule has 0 amide bonds. The van der Waals surface area contributed by atoms with Crippen molar-refractivity contribution in [2.75, 3.05) is 43.1 Å². The minimum atomic E-state index is 0.211. The quantitative estimate of drug-likeness (QED) is 0.705. The molecule has 1 aromatic rings. The molecule has 0 aliphatic heterocycles. The van der Waals surface area contributed by atoms with Crippen molar-refractivity contribution in [3.8, 4) is 0 Å². The zero-order valence-corrected chi connectivity index (χ0v) is 12.9. The van der Waals surface area contributed by atoms with Crippen LogP contribution >= 0.6 is 11.6 Å². The standard InChI is InChI=1S/C13H22ClN5O/c1-3-19(4-2)13-17-11(14)16-12(18-13)15-7-8-20-9-10-5-6-10/h10H,3-9H2,1-2H3,(H,15,16,17,18). The molecule has 6 nitrogen and oxygen atoms in total. The van der Waals surface area contributed by atoms with Crippen molar-refractivity contribution in [3.05, 3.63) is 5.28 Å². The Labute approximate surface area is 124 Å². The van der Waals surface area contributed by atoms with Crippen LogP contribution in [0.25, 0.3) is 0 Å². The van der Waals surface area contributed by atoms with Gasteiger partial charge in [0.25, 0.3) is 0 Å². The molecule has 7 heteroatoms. The zero-order chi connectivity index (χ0) is 14.4. The van der Waals surface area contributed by atoms with E-state index in [0.29, 0.717) is 25.0 Å². The summed E-state index contributed by atoms with van der Waals surface area (Å²) in [5.41, 5.74) is 0. The average Bonchev–Trinajstić information content (AvgIpc) is 3.23. The SMILES string of the molecule is CCN(CC)c1nc(Cl)nc(NCCOCC2CC2)n1. The molecular weight excluding hydrogens is 278 g/mol. The second-order valence-electron chi connectivity index (χ2n) is 4.85. The Kier molecular flexibility index (Phi) is 5.79. The van der Waals surface area contributed by atoms with Crippen LogP contribution in [0.15, 0.2) is 0 Å². The van der Waals surface area contributed by atoms with Crippen LogP contribution in [-0.2, 0) is 4.74 Å². The van der Waals surface area contributed by atoms with E-state index in [1.807, 2.05) is 4.90 Å². The zero-order valence-electron chi connectivity index (χ0n) is 12.1. The van der Waals surface area contributed by atoms with Gasteiger partial charge in [-0.3, -0.25) is 0 Å². The number of rotatable bonds is 9. The van der Waals surface area contributed by atoms with Crippen LogP contribution in [0.2, 0.25) is 5.28 Å². The Bertz CT molecular complexity index is 423. The van der Waals surface area contributed by atoms with Gasteiger partial charge in [0.05, 0.1) is 6.61 Å². The number of aromatic nitrogens is 3. The summed E-state index contributed by atoms with van der Waals surface area (Å²) in [4.78, 5) is 14.6. The predicted octanol–water partition coefficient (Wildman–Crippen LogP) is 2.21. The molecule has 2 rings (SSSR count). The summed E-state index contributed by atoms with van der Waals surface area (Å²) in [7, 11) is 0. The Morgan fingerprint density at radius 3 is 2.65 bits per heavy atom. The number of anilines is 2. The highest BCUT2D eigenvalue weighted by Gasteiger charge is 2.20. The molecule has 1 aromatic heterocycles. The summed E-state index contributed by atoms with van der Waals surface area (Å²) >= 11 is 5.94. The van der Waals surface area contributed by atoms with Gasteiger partial charge in [0.2, 0.25) is 17.2 Å². The Hall–Kier alpha value is -1.14. The van der Waals surface area contributed by atoms with Gasteiger partial charge in [0.15, 0.2) is 0 Å². The van der Waals surface area contributed by atoms with Crippen LogP contribution < -0.4 is 10.2 Å². The summed E-state index contributed by atoms with van der Waals surface area (Å²) in [6.07, 6.45) is 2.62. The molecule has 1 aliphatic rings. The van der Waals surface area contributed by atoms with Gasteiger partial charge >= 0.3 is 0 Å². The highest BCUT2D eigenvalue weighted by molar-refractivity contribution is 6.28. The second-order valence-corrected chi connectivity index (χ2v) is 5.18. The van der Waals surface area contributed by atoms with Crippen molar-refractivity contribution in [1.82, 2.24) is 15.0 Å². The van der Waals surface area contributed by atoms with Crippen LogP contribution in [0.3, 0.4) is 0 Å². The van der Waals surface area contributed by atoms with E-state index in [4.69, 9.17) is 16.3 Å². The Balaban J connectivity index is 1.82. The van der Waals surface area contributed by atoms with E-state index in [0.717, 1.165) is 25.6 Å². The lowest BCUT2D eigenvalue weighted by molar-refractivity contribution is 0.133. The van der Waals surface area contributed by atoms with Crippen LogP contribution in [0.4, 0.5) is 11.9 Å². The molecule has 112 valence electrons. The molecule has 0 unspecified atom stereocenters. The van der Waals surface area contributed by atoms with Crippen LogP contribution in [0, 0.1) is 5.92 Å². The molecule has 20 heavy (non-hydrogen) atoms. The summed E-state index contributed by atoms with van der Waals surface area (Å²) in [6, 6.07) is 0.